The third kappa shape index (κ3) is 3.23. The molecule has 0 unspecified atom stereocenters. The largest absolute Gasteiger partial charge is 0.492 e. The summed E-state index contributed by atoms with van der Waals surface area (Å²) in [5, 5.41) is 10.6. The minimum atomic E-state index is -0.454. The molecule has 1 heterocycles. The fourth-order valence-corrected chi connectivity index (χ4v) is 1.62. The lowest BCUT2D eigenvalue weighted by Crippen LogP contribution is -1.96. The standard InChI is InChI=1S/C14H14N2O4/c1-3-19-14-8-13(9-15-10(14)2)20-12-6-4-11(5-7-12)16(17)18/h4-9H,3H2,1-2H3. The summed E-state index contributed by atoms with van der Waals surface area (Å²) < 4.78 is 11.0. The number of hydrogen-bond donors (Lipinski definition) is 0. The molecule has 20 heavy (non-hydrogen) atoms. The number of benzene rings is 1. The molecule has 0 spiro atoms. The van der Waals surface area contributed by atoms with Crippen LogP contribution in [0.4, 0.5) is 5.69 Å². The predicted octanol–water partition coefficient (Wildman–Crippen LogP) is 3.49. The van der Waals surface area contributed by atoms with Gasteiger partial charge >= 0.3 is 0 Å². The van der Waals surface area contributed by atoms with E-state index in [-0.39, 0.29) is 5.69 Å². The summed E-state index contributed by atoms with van der Waals surface area (Å²) in [5.41, 5.74) is 0.803. The Morgan fingerprint density at radius 2 is 1.95 bits per heavy atom. The Labute approximate surface area is 116 Å². The third-order valence-electron chi connectivity index (χ3n) is 2.60. The molecule has 0 fully saturated rings. The first-order valence-electron chi connectivity index (χ1n) is 6.12. The van der Waals surface area contributed by atoms with E-state index in [0.29, 0.717) is 23.9 Å². The van der Waals surface area contributed by atoms with Crippen molar-refractivity contribution in [2.24, 2.45) is 0 Å². The maximum absolute atomic E-state index is 10.6. The van der Waals surface area contributed by atoms with Crippen LogP contribution in [0.25, 0.3) is 0 Å². The lowest BCUT2D eigenvalue weighted by atomic mass is 10.3. The number of hydrogen-bond acceptors (Lipinski definition) is 5. The van der Waals surface area contributed by atoms with Gasteiger partial charge < -0.3 is 9.47 Å². The number of non-ortho nitro benzene ring substituents is 1. The molecule has 6 nitrogen and oxygen atoms in total. The maximum Gasteiger partial charge on any atom is 0.269 e. The maximum atomic E-state index is 10.6. The number of nitrogens with zero attached hydrogens (tertiary/aromatic N) is 2. The van der Waals surface area contributed by atoms with Gasteiger partial charge in [-0.3, -0.25) is 15.1 Å². The highest BCUT2D eigenvalue weighted by atomic mass is 16.6. The molecule has 0 N–H and O–H groups in total. The van der Waals surface area contributed by atoms with Gasteiger partial charge in [0.15, 0.2) is 0 Å². The second-order valence-corrected chi connectivity index (χ2v) is 4.04. The average Bonchev–Trinajstić information content (AvgIpc) is 2.43. The monoisotopic (exact) mass is 274 g/mol. The van der Waals surface area contributed by atoms with E-state index in [2.05, 4.69) is 4.98 Å². The molecule has 2 aromatic rings. The molecule has 0 atom stereocenters. The summed E-state index contributed by atoms with van der Waals surface area (Å²) in [6.07, 6.45) is 1.58. The normalized spacial score (nSPS) is 10.1. The first kappa shape index (κ1) is 13.8. The zero-order chi connectivity index (χ0) is 14.5. The summed E-state index contributed by atoms with van der Waals surface area (Å²) in [4.78, 5) is 14.3. The number of pyridine rings is 1. The molecular weight excluding hydrogens is 260 g/mol. The van der Waals surface area contributed by atoms with E-state index in [1.807, 2.05) is 13.8 Å². The van der Waals surface area contributed by atoms with E-state index in [9.17, 15) is 10.1 Å². The zero-order valence-corrected chi connectivity index (χ0v) is 11.2. The van der Waals surface area contributed by atoms with Crippen LogP contribution in [0, 0.1) is 17.0 Å². The smallest absolute Gasteiger partial charge is 0.269 e. The molecule has 0 saturated carbocycles. The predicted molar refractivity (Wildman–Crippen MR) is 73.3 cm³/mol. The van der Waals surface area contributed by atoms with Crippen molar-refractivity contribution in [3.63, 3.8) is 0 Å². The molecule has 0 radical (unpaired) electrons. The quantitative estimate of drug-likeness (QED) is 0.616. The van der Waals surface area contributed by atoms with E-state index < -0.39 is 4.92 Å². The third-order valence-corrected chi connectivity index (χ3v) is 2.60. The molecule has 0 amide bonds. The van der Waals surface area contributed by atoms with Crippen molar-refractivity contribution in [2.75, 3.05) is 6.61 Å². The molecule has 1 aromatic carbocycles. The summed E-state index contributed by atoms with van der Waals surface area (Å²) >= 11 is 0. The molecule has 0 aliphatic carbocycles. The van der Waals surface area contributed by atoms with Crippen molar-refractivity contribution in [1.82, 2.24) is 4.98 Å². The fraction of sp³-hybridized carbons (Fsp3) is 0.214. The molecule has 0 aliphatic heterocycles. The van der Waals surface area contributed by atoms with E-state index in [4.69, 9.17) is 9.47 Å². The van der Waals surface area contributed by atoms with Gasteiger partial charge in [-0.15, -0.1) is 0 Å². The van der Waals surface area contributed by atoms with Crippen LogP contribution in [-0.2, 0) is 0 Å². The van der Waals surface area contributed by atoms with Crippen molar-refractivity contribution >= 4 is 5.69 Å². The highest BCUT2D eigenvalue weighted by molar-refractivity contribution is 5.40. The summed E-state index contributed by atoms with van der Waals surface area (Å²) in [6, 6.07) is 7.60. The van der Waals surface area contributed by atoms with Crippen molar-refractivity contribution in [3.05, 3.63) is 52.3 Å². The second-order valence-electron chi connectivity index (χ2n) is 4.04. The Kier molecular flexibility index (Phi) is 4.14. The van der Waals surface area contributed by atoms with Gasteiger partial charge in [0.05, 0.1) is 23.4 Å². The van der Waals surface area contributed by atoms with Gasteiger partial charge in [-0.25, -0.2) is 0 Å². The summed E-state index contributed by atoms with van der Waals surface area (Å²) in [6.45, 7) is 4.29. The first-order valence-corrected chi connectivity index (χ1v) is 6.12. The van der Waals surface area contributed by atoms with Gasteiger partial charge in [0, 0.05) is 18.2 Å². The Hall–Kier alpha value is -2.63. The molecule has 6 heteroatoms. The summed E-state index contributed by atoms with van der Waals surface area (Å²) in [7, 11) is 0. The highest BCUT2D eigenvalue weighted by Gasteiger charge is 2.07. The summed E-state index contributed by atoms with van der Waals surface area (Å²) in [5.74, 6) is 1.68. The highest BCUT2D eigenvalue weighted by Crippen LogP contribution is 2.27. The van der Waals surface area contributed by atoms with Gasteiger partial charge in [-0.05, 0) is 26.0 Å². The van der Waals surface area contributed by atoms with Crippen LogP contribution in [0.3, 0.4) is 0 Å². The minimum absolute atomic E-state index is 0.0226. The van der Waals surface area contributed by atoms with Crippen LogP contribution in [-0.4, -0.2) is 16.5 Å². The molecule has 1 aromatic heterocycles. The van der Waals surface area contributed by atoms with E-state index in [0.717, 1.165) is 5.69 Å². The fourth-order valence-electron chi connectivity index (χ4n) is 1.62. The average molecular weight is 274 g/mol. The molecule has 0 saturated heterocycles. The Bertz CT molecular complexity index is 611. The SMILES string of the molecule is CCOc1cc(Oc2ccc([N+](=O)[O-])cc2)cnc1C. The van der Waals surface area contributed by atoms with Gasteiger partial charge in [-0.1, -0.05) is 0 Å². The number of nitro groups is 1. The zero-order valence-electron chi connectivity index (χ0n) is 11.2. The van der Waals surface area contributed by atoms with Crippen LogP contribution >= 0.6 is 0 Å². The second kappa shape index (κ2) is 6.01. The van der Waals surface area contributed by atoms with Gasteiger partial charge in [0.1, 0.15) is 17.2 Å². The van der Waals surface area contributed by atoms with Crippen LogP contribution in [0.2, 0.25) is 0 Å². The van der Waals surface area contributed by atoms with Crippen molar-refractivity contribution in [2.45, 2.75) is 13.8 Å². The van der Waals surface area contributed by atoms with Crippen LogP contribution in [0.5, 0.6) is 17.2 Å². The lowest BCUT2D eigenvalue weighted by molar-refractivity contribution is -0.384. The van der Waals surface area contributed by atoms with Crippen LogP contribution in [0.15, 0.2) is 36.5 Å². The lowest BCUT2D eigenvalue weighted by Gasteiger charge is -2.09. The number of aromatic nitrogens is 1. The minimum Gasteiger partial charge on any atom is -0.492 e. The van der Waals surface area contributed by atoms with Gasteiger partial charge in [0.25, 0.3) is 5.69 Å². The molecule has 0 bridgehead atoms. The van der Waals surface area contributed by atoms with E-state index in [1.54, 1.807) is 24.4 Å². The van der Waals surface area contributed by atoms with E-state index in [1.165, 1.54) is 12.1 Å². The molecule has 104 valence electrons. The number of aryl methyl sites for hydroxylation is 1. The van der Waals surface area contributed by atoms with Crippen LogP contribution < -0.4 is 9.47 Å². The van der Waals surface area contributed by atoms with Crippen molar-refractivity contribution in [3.8, 4) is 17.2 Å². The number of ether oxygens (including phenoxy) is 2. The Morgan fingerprint density at radius 1 is 1.25 bits per heavy atom. The Balaban J connectivity index is 2.17. The first-order chi connectivity index (χ1) is 9.60. The topological polar surface area (TPSA) is 74.5 Å². The van der Waals surface area contributed by atoms with E-state index >= 15 is 0 Å². The molecule has 0 aliphatic rings. The number of rotatable bonds is 5. The molecular formula is C14H14N2O4. The van der Waals surface area contributed by atoms with Crippen molar-refractivity contribution < 1.29 is 14.4 Å². The van der Waals surface area contributed by atoms with Gasteiger partial charge in [-0.2, -0.15) is 0 Å². The number of nitro benzene ring substituents is 1. The van der Waals surface area contributed by atoms with Crippen molar-refractivity contribution in [1.29, 1.82) is 0 Å². The molecule has 2 rings (SSSR count). The van der Waals surface area contributed by atoms with Crippen LogP contribution in [0.1, 0.15) is 12.6 Å². The Morgan fingerprint density at radius 3 is 2.55 bits per heavy atom. The van der Waals surface area contributed by atoms with Gasteiger partial charge in [0.2, 0.25) is 0 Å².